The fraction of sp³-hybridized carbons (Fsp3) is 0.333. The second-order valence-corrected chi connectivity index (χ2v) is 3.78. The molecule has 1 heterocycles. The van der Waals surface area contributed by atoms with Crippen LogP contribution in [0.1, 0.15) is 29.4 Å². The van der Waals surface area contributed by atoms with Crippen molar-refractivity contribution in [1.29, 1.82) is 0 Å². The molecule has 0 radical (unpaired) electrons. The van der Waals surface area contributed by atoms with Crippen molar-refractivity contribution in [2.45, 2.75) is 13.3 Å². The fourth-order valence-electron chi connectivity index (χ4n) is 0.981. The predicted molar refractivity (Wildman–Crippen MR) is 57.8 cm³/mol. The van der Waals surface area contributed by atoms with E-state index < -0.39 is 23.9 Å². The maximum Gasteiger partial charge on any atom is 0.340 e. The minimum atomic E-state index is -3.01. The molecule has 0 spiro atoms. The Balaban J connectivity index is 3.16. The van der Waals surface area contributed by atoms with Crippen molar-refractivity contribution in [2.75, 3.05) is 6.61 Å². The second-order valence-electron chi connectivity index (χ2n) is 2.71. The fourth-order valence-corrected chi connectivity index (χ4v) is 1.62. The van der Waals surface area contributed by atoms with Gasteiger partial charge >= 0.3 is 5.97 Å². The van der Waals surface area contributed by atoms with Crippen molar-refractivity contribution >= 4 is 28.6 Å². The quantitative estimate of drug-likeness (QED) is 0.625. The Bertz CT molecular complexity index is 412. The first-order chi connectivity index (χ1) is 7.49. The highest BCUT2D eigenvalue weighted by Gasteiger charge is 2.23. The van der Waals surface area contributed by atoms with Crippen molar-refractivity contribution in [3.8, 4) is 0 Å². The second kappa shape index (κ2) is 5.46. The van der Waals surface area contributed by atoms with Gasteiger partial charge in [-0.05, 0) is 29.5 Å². The summed E-state index contributed by atoms with van der Waals surface area (Å²) in [6.07, 6.45) is -2.12. The molecular formula is C9H7F3INO2. The molecular weight excluding hydrogens is 338 g/mol. The van der Waals surface area contributed by atoms with Gasteiger partial charge in [-0.25, -0.2) is 18.0 Å². The maximum absolute atomic E-state index is 13.4. The lowest BCUT2D eigenvalue weighted by Gasteiger charge is -2.07. The number of carbonyl (C=O) groups is 1. The van der Waals surface area contributed by atoms with E-state index in [1.54, 1.807) is 6.92 Å². The van der Waals surface area contributed by atoms with Gasteiger partial charge in [-0.2, -0.15) is 0 Å². The molecule has 0 aliphatic heterocycles. The van der Waals surface area contributed by atoms with Gasteiger partial charge in [-0.3, -0.25) is 4.98 Å². The lowest BCUT2D eigenvalue weighted by molar-refractivity contribution is 0.0523. The highest BCUT2D eigenvalue weighted by atomic mass is 127. The summed E-state index contributed by atoms with van der Waals surface area (Å²) in [7, 11) is 0. The molecule has 0 fully saturated rings. The molecule has 0 unspecified atom stereocenters. The number of ether oxygens (including phenoxy) is 1. The normalized spacial score (nSPS) is 10.6. The Labute approximate surface area is 103 Å². The summed E-state index contributed by atoms with van der Waals surface area (Å²) in [6.45, 7) is 1.70. The highest BCUT2D eigenvalue weighted by Crippen LogP contribution is 2.25. The van der Waals surface area contributed by atoms with E-state index in [0.717, 1.165) is 6.20 Å². The smallest absolute Gasteiger partial charge is 0.340 e. The number of hydrogen-bond acceptors (Lipinski definition) is 3. The van der Waals surface area contributed by atoms with Gasteiger partial charge < -0.3 is 4.74 Å². The van der Waals surface area contributed by atoms with Crippen LogP contribution >= 0.6 is 22.6 Å². The van der Waals surface area contributed by atoms with E-state index in [2.05, 4.69) is 9.72 Å². The number of nitrogens with zero attached hydrogens (tertiary/aromatic N) is 1. The summed E-state index contributed by atoms with van der Waals surface area (Å²) in [5.74, 6) is -1.96. The van der Waals surface area contributed by atoms with E-state index in [4.69, 9.17) is 0 Å². The number of pyridine rings is 1. The van der Waals surface area contributed by atoms with Gasteiger partial charge in [0.05, 0.1) is 15.7 Å². The van der Waals surface area contributed by atoms with Gasteiger partial charge in [0.2, 0.25) is 0 Å². The molecule has 0 aromatic carbocycles. The van der Waals surface area contributed by atoms with Crippen LogP contribution in [0.15, 0.2) is 6.20 Å². The zero-order valence-electron chi connectivity index (χ0n) is 8.14. The molecule has 1 rings (SSSR count). The predicted octanol–water partition coefficient (Wildman–Crippen LogP) is 2.94. The highest BCUT2D eigenvalue weighted by molar-refractivity contribution is 14.1. The van der Waals surface area contributed by atoms with E-state index in [9.17, 15) is 18.0 Å². The standard InChI is InChI=1S/C9H7F3INO2/c1-2-16-9(15)4-3-14-7(8(11)12)5(10)6(4)13/h3,8H,2H2,1H3. The van der Waals surface area contributed by atoms with Crippen LogP contribution in [0.3, 0.4) is 0 Å². The average molecular weight is 345 g/mol. The van der Waals surface area contributed by atoms with Crippen molar-refractivity contribution < 1.29 is 22.7 Å². The molecule has 0 saturated carbocycles. The Hall–Kier alpha value is -0.860. The molecule has 0 aliphatic rings. The van der Waals surface area contributed by atoms with Gasteiger partial charge in [-0.15, -0.1) is 0 Å². The van der Waals surface area contributed by atoms with E-state index in [0.29, 0.717) is 0 Å². The van der Waals surface area contributed by atoms with Crippen molar-refractivity contribution in [1.82, 2.24) is 4.98 Å². The third-order valence-electron chi connectivity index (χ3n) is 1.69. The molecule has 0 N–H and O–H groups in total. The largest absolute Gasteiger partial charge is 0.462 e. The average Bonchev–Trinajstić information content (AvgIpc) is 2.21. The molecule has 0 amide bonds. The first-order valence-corrected chi connectivity index (χ1v) is 5.36. The van der Waals surface area contributed by atoms with Crippen LogP contribution in [0, 0.1) is 9.39 Å². The van der Waals surface area contributed by atoms with Crippen LogP contribution in [-0.4, -0.2) is 17.6 Å². The van der Waals surface area contributed by atoms with Crippen LogP contribution in [0.5, 0.6) is 0 Å². The third kappa shape index (κ3) is 2.63. The van der Waals surface area contributed by atoms with Crippen LogP contribution in [-0.2, 0) is 4.74 Å². The first-order valence-electron chi connectivity index (χ1n) is 4.28. The minimum Gasteiger partial charge on any atom is -0.462 e. The molecule has 16 heavy (non-hydrogen) atoms. The molecule has 7 heteroatoms. The zero-order chi connectivity index (χ0) is 12.3. The van der Waals surface area contributed by atoms with Crippen molar-refractivity contribution in [3.63, 3.8) is 0 Å². The Kier molecular flexibility index (Phi) is 4.51. The maximum atomic E-state index is 13.4. The Morgan fingerprint density at radius 1 is 1.62 bits per heavy atom. The van der Waals surface area contributed by atoms with Gasteiger partial charge in [0.1, 0.15) is 5.69 Å². The molecule has 88 valence electrons. The summed E-state index contributed by atoms with van der Waals surface area (Å²) in [5.41, 5.74) is -1.11. The van der Waals surface area contributed by atoms with E-state index in [1.165, 1.54) is 22.6 Å². The van der Waals surface area contributed by atoms with Crippen LogP contribution in [0.2, 0.25) is 0 Å². The molecule has 0 aliphatic carbocycles. The van der Waals surface area contributed by atoms with Crippen LogP contribution in [0.25, 0.3) is 0 Å². The minimum absolute atomic E-state index is 0.118. The van der Waals surface area contributed by atoms with E-state index in [1.807, 2.05) is 0 Å². The number of rotatable bonds is 3. The van der Waals surface area contributed by atoms with Crippen molar-refractivity contribution in [2.24, 2.45) is 0 Å². The third-order valence-corrected chi connectivity index (χ3v) is 2.74. The van der Waals surface area contributed by atoms with Crippen LogP contribution in [0.4, 0.5) is 13.2 Å². The Morgan fingerprint density at radius 2 is 2.25 bits per heavy atom. The topological polar surface area (TPSA) is 39.2 Å². The SMILES string of the molecule is CCOC(=O)c1cnc(C(F)F)c(F)c1I. The summed E-state index contributed by atoms with van der Waals surface area (Å²) in [5, 5.41) is 0. The number of hydrogen-bond donors (Lipinski definition) is 0. The molecule has 1 aromatic heterocycles. The lowest BCUT2D eigenvalue weighted by Crippen LogP contribution is -2.11. The van der Waals surface area contributed by atoms with E-state index in [-0.39, 0.29) is 15.7 Å². The van der Waals surface area contributed by atoms with Gasteiger partial charge in [0, 0.05) is 6.20 Å². The first kappa shape index (κ1) is 13.2. The zero-order valence-corrected chi connectivity index (χ0v) is 10.3. The molecule has 3 nitrogen and oxygen atoms in total. The summed E-state index contributed by atoms with van der Waals surface area (Å²) < 4.78 is 42.3. The number of alkyl halides is 2. The number of halogens is 4. The van der Waals surface area contributed by atoms with Gasteiger partial charge in [0.25, 0.3) is 6.43 Å². The molecule has 0 atom stereocenters. The monoisotopic (exact) mass is 345 g/mol. The number of aromatic nitrogens is 1. The van der Waals surface area contributed by atoms with Crippen LogP contribution < -0.4 is 0 Å². The summed E-state index contributed by atoms with van der Waals surface area (Å²) >= 11 is 1.47. The van der Waals surface area contributed by atoms with Crippen molar-refractivity contribution in [3.05, 3.63) is 26.8 Å². The van der Waals surface area contributed by atoms with E-state index >= 15 is 0 Å². The van der Waals surface area contributed by atoms with Gasteiger partial charge in [-0.1, -0.05) is 0 Å². The summed E-state index contributed by atoms with van der Waals surface area (Å²) in [6, 6.07) is 0. The van der Waals surface area contributed by atoms with Gasteiger partial charge in [0.15, 0.2) is 5.82 Å². The number of esters is 1. The number of carbonyl (C=O) groups excluding carboxylic acids is 1. The summed E-state index contributed by atoms with van der Waals surface area (Å²) in [4.78, 5) is 14.5. The molecule has 1 aromatic rings. The molecule has 0 saturated heterocycles. The molecule has 0 bridgehead atoms. The lowest BCUT2D eigenvalue weighted by atomic mass is 10.2. The Morgan fingerprint density at radius 3 is 2.75 bits per heavy atom.